The van der Waals surface area contributed by atoms with Gasteiger partial charge in [-0.3, -0.25) is 4.79 Å². The molecule has 1 heterocycles. The Kier molecular flexibility index (Phi) is 5.00. The van der Waals surface area contributed by atoms with E-state index >= 15 is 0 Å². The van der Waals surface area contributed by atoms with Crippen LogP contribution in [0.3, 0.4) is 0 Å². The van der Waals surface area contributed by atoms with Crippen molar-refractivity contribution in [1.82, 2.24) is 10.2 Å². The Morgan fingerprint density at radius 1 is 1.45 bits per heavy atom. The molecule has 20 heavy (non-hydrogen) atoms. The topological polar surface area (TPSA) is 75.1 Å². The fourth-order valence-electron chi connectivity index (χ4n) is 1.62. The van der Waals surface area contributed by atoms with Gasteiger partial charge in [0, 0.05) is 4.47 Å². The molecule has 1 aromatic carbocycles. The number of benzene rings is 1. The first-order valence-corrected chi connectivity index (χ1v) is 8.27. The summed E-state index contributed by atoms with van der Waals surface area (Å²) in [5, 5.41) is 20.5. The van der Waals surface area contributed by atoms with E-state index < -0.39 is 5.97 Å². The summed E-state index contributed by atoms with van der Waals surface area (Å²) >= 11 is 6.02. The molecule has 0 unspecified atom stereocenters. The van der Waals surface area contributed by atoms with E-state index in [1.54, 1.807) is 0 Å². The third-order valence-corrected chi connectivity index (χ3v) is 4.97. The number of nitrogens with one attached hydrogen (secondary N) is 1. The number of aliphatic carboxylic acids is 1. The van der Waals surface area contributed by atoms with Crippen LogP contribution >= 0.6 is 39.0 Å². The van der Waals surface area contributed by atoms with Crippen LogP contribution in [0, 0.1) is 13.8 Å². The van der Waals surface area contributed by atoms with Gasteiger partial charge in [-0.05, 0) is 47.0 Å². The Bertz CT molecular complexity index is 622. The Hall–Kier alpha value is -1.12. The largest absolute Gasteiger partial charge is 0.481 e. The van der Waals surface area contributed by atoms with Crippen LogP contribution in [-0.2, 0) is 4.79 Å². The lowest BCUT2D eigenvalue weighted by Crippen LogP contribution is -1.96. The van der Waals surface area contributed by atoms with E-state index in [0.29, 0.717) is 9.47 Å². The third-order valence-electron chi connectivity index (χ3n) is 2.39. The van der Waals surface area contributed by atoms with Gasteiger partial charge >= 0.3 is 5.97 Å². The predicted molar refractivity (Wildman–Crippen MR) is 85.2 cm³/mol. The molecule has 0 spiro atoms. The summed E-state index contributed by atoms with van der Waals surface area (Å²) in [6.07, 6.45) is 0. The molecular formula is C12H12BrN3O2S2. The molecular weight excluding hydrogens is 362 g/mol. The average molecular weight is 374 g/mol. The second-order valence-corrected chi connectivity index (χ2v) is 7.17. The quantitative estimate of drug-likeness (QED) is 0.775. The molecule has 0 fully saturated rings. The Morgan fingerprint density at radius 3 is 2.85 bits per heavy atom. The van der Waals surface area contributed by atoms with E-state index in [2.05, 4.69) is 37.5 Å². The number of aromatic nitrogens is 2. The normalized spacial score (nSPS) is 10.6. The number of thioether (sulfide) groups is 1. The summed E-state index contributed by atoms with van der Waals surface area (Å²) < 4.78 is 1.60. The number of aryl methyl sites for hydroxylation is 2. The number of carbonyl (C=O) groups is 1. The van der Waals surface area contributed by atoms with Gasteiger partial charge in [0.2, 0.25) is 5.13 Å². The Morgan fingerprint density at radius 2 is 2.20 bits per heavy atom. The van der Waals surface area contributed by atoms with E-state index in [9.17, 15) is 4.79 Å². The number of anilines is 2. The van der Waals surface area contributed by atoms with E-state index in [1.807, 2.05) is 19.9 Å². The third kappa shape index (κ3) is 3.94. The maximum absolute atomic E-state index is 10.5. The molecule has 8 heteroatoms. The molecule has 2 rings (SSSR count). The summed E-state index contributed by atoms with van der Waals surface area (Å²) in [6, 6.07) is 4.10. The van der Waals surface area contributed by atoms with Gasteiger partial charge in [-0.15, -0.1) is 10.2 Å². The van der Waals surface area contributed by atoms with Crippen molar-refractivity contribution in [2.75, 3.05) is 11.1 Å². The monoisotopic (exact) mass is 373 g/mol. The zero-order chi connectivity index (χ0) is 14.7. The zero-order valence-electron chi connectivity index (χ0n) is 10.8. The average Bonchev–Trinajstić information content (AvgIpc) is 2.79. The molecule has 0 bridgehead atoms. The number of carboxylic acids is 1. The Labute approximate surface area is 132 Å². The van der Waals surface area contributed by atoms with Crippen molar-refractivity contribution in [1.29, 1.82) is 0 Å². The fraction of sp³-hybridized carbons (Fsp3) is 0.250. The first kappa shape index (κ1) is 15.3. The molecule has 1 aromatic heterocycles. The molecule has 0 atom stereocenters. The van der Waals surface area contributed by atoms with Gasteiger partial charge in [-0.1, -0.05) is 29.2 Å². The first-order valence-electron chi connectivity index (χ1n) is 5.67. The van der Waals surface area contributed by atoms with Crippen LogP contribution in [-0.4, -0.2) is 27.0 Å². The van der Waals surface area contributed by atoms with Gasteiger partial charge in [-0.2, -0.15) is 0 Å². The zero-order valence-corrected chi connectivity index (χ0v) is 14.0. The second kappa shape index (κ2) is 6.55. The lowest BCUT2D eigenvalue weighted by molar-refractivity contribution is -0.133. The predicted octanol–water partition coefficient (Wildman–Crippen LogP) is 3.84. The number of halogens is 1. The highest BCUT2D eigenvalue weighted by Crippen LogP contribution is 2.33. The van der Waals surface area contributed by atoms with Crippen LogP contribution in [0.15, 0.2) is 20.9 Å². The van der Waals surface area contributed by atoms with Crippen LogP contribution < -0.4 is 5.32 Å². The minimum atomic E-state index is -0.864. The molecule has 0 saturated carbocycles. The van der Waals surface area contributed by atoms with Crippen molar-refractivity contribution in [3.63, 3.8) is 0 Å². The van der Waals surface area contributed by atoms with Crippen LogP contribution in [0.25, 0.3) is 0 Å². The fourth-order valence-corrected chi connectivity index (χ4v) is 3.87. The maximum Gasteiger partial charge on any atom is 0.313 e. The van der Waals surface area contributed by atoms with Gasteiger partial charge in [0.15, 0.2) is 4.34 Å². The standard InChI is InChI=1S/C12H12BrN3O2S2/c1-6-3-7(2)10(8(13)4-6)14-11-15-16-12(20-11)19-5-9(17)18/h3-4H,5H2,1-2H3,(H,14,15)(H,17,18). The smallest absolute Gasteiger partial charge is 0.313 e. The van der Waals surface area contributed by atoms with E-state index in [0.717, 1.165) is 27.5 Å². The molecule has 2 N–H and O–H groups in total. The summed E-state index contributed by atoms with van der Waals surface area (Å²) in [5.41, 5.74) is 3.23. The molecule has 106 valence electrons. The second-order valence-electron chi connectivity index (χ2n) is 4.12. The first-order chi connectivity index (χ1) is 9.45. The van der Waals surface area contributed by atoms with Gasteiger partial charge < -0.3 is 10.4 Å². The summed E-state index contributed by atoms with van der Waals surface area (Å²) in [7, 11) is 0. The summed E-state index contributed by atoms with van der Waals surface area (Å²) in [5.74, 6) is -0.876. The van der Waals surface area contributed by atoms with Gasteiger partial charge in [-0.25, -0.2) is 0 Å². The number of carboxylic acid groups (broad SMARTS) is 1. The van der Waals surface area contributed by atoms with Crippen LogP contribution in [0.1, 0.15) is 11.1 Å². The number of hydrogen-bond donors (Lipinski definition) is 2. The Balaban J connectivity index is 2.13. The highest BCUT2D eigenvalue weighted by Gasteiger charge is 2.10. The van der Waals surface area contributed by atoms with Crippen molar-refractivity contribution in [3.8, 4) is 0 Å². The minimum absolute atomic E-state index is 0.0120. The van der Waals surface area contributed by atoms with E-state index in [4.69, 9.17) is 5.11 Å². The van der Waals surface area contributed by atoms with Crippen molar-refractivity contribution in [3.05, 3.63) is 27.7 Å². The van der Waals surface area contributed by atoms with Crippen molar-refractivity contribution in [2.45, 2.75) is 18.2 Å². The summed E-state index contributed by atoms with van der Waals surface area (Å²) in [4.78, 5) is 10.5. The SMILES string of the molecule is Cc1cc(C)c(Nc2nnc(SCC(=O)O)s2)c(Br)c1. The number of rotatable bonds is 5. The van der Waals surface area contributed by atoms with Crippen molar-refractivity contribution >= 4 is 55.8 Å². The molecule has 0 aliphatic carbocycles. The molecule has 0 radical (unpaired) electrons. The molecule has 0 saturated heterocycles. The summed E-state index contributed by atoms with van der Waals surface area (Å²) in [6.45, 7) is 4.05. The van der Waals surface area contributed by atoms with Crippen LogP contribution in [0.4, 0.5) is 10.8 Å². The highest BCUT2D eigenvalue weighted by atomic mass is 79.9. The van der Waals surface area contributed by atoms with Gasteiger partial charge in [0.1, 0.15) is 0 Å². The molecule has 5 nitrogen and oxygen atoms in total. The van der Waals surface area contributed by atoms with Crippen molar-refractivity contribution in [2.24, 2.45) is 0 Å². The van der Waals surface area contributed by atoms with Gasteiger partial charge in [0.05, 0.1) is 11.4 Å². The molecule has 0 aliphatic heterocycles. The van der Waals surface area contributed by atoms with Crippen LogP contribution in [0.5, 0.6) is 0 Å². The number of nitrogens with zero attached hydrogens (tertiary/aromatic N) is 2. The molecule has 0 amide bonds. The molecule has 0 aliphatic rings. The minimum Gasteiger partial charge on any atom is -0.481 e. The number of hydrogen-bond acceptors (Lipinski definition) is 6. The van der Waals surface area contributed by atoms with Crippen molar-refractivity contribution < 1.29 is 9.90 Å². The van der Waals surface area contributed by atoms with Gasteiger partial charge in [0.25, 0.3) is 0 Å². The lowest BCUT2D eigenvalue weighted by atomic mass is 10.1. The van der Waals surface area contributed by atoms with Crippen LogP contribution in [0.2, 0.25) is 0 Å². The maximum atomic E-state index is 10.5. The van der Waals surface area contributed by atoms with E-state index in [-0.39, 0.29) is 5.75 Å². The molecule has 2 aromatic rings. The highest BCUT2D eigenvalue weighted by molar-refractivity contribution is 9.10. The van der Waals surface area contributed by atoms with E-state index in [1.165, 1.54) is 16.9 Å². The lowest BCUT2D eigenvalue weighted by Gasteiger charge is -2.10.